The number of nitrogens with one attached hydrogen (secondary N) is 1. The van der Waals surface area contributed by atoms with Gasteiger partial charge in [0.05, 0.1) is 41.7 Å². The molecule has 0 unspecified atom stereocenters. The van der Waals surface area contributed by atoms with Gasteiger partial charge in [-0.1, -0.05) is 42.5 Å². The van der Waals surface area contributed by atoms with Crippen LogP contribution in [0.25, 0.3) is 22.2 Å². The SMILES string of the molecule is CCOc1cccc(-c2cc(C(=O)Nc3ccccc3C(=O)OC)c3ccccc3n2)c1. The van der Waals surface area contributed by atoms with Crippen LogP contribution in [0.4, 0.5) is 5.69 Å². The van der Waals surface area contributed by atoms with Gasteiger partial charge in [-0.2, -0.15) is 0 Å². The first kappa shape index (κ1) is 21.1. The van der Waals surface area contributed by atoms with Crippen molar-refractivity contribution in [2.75, 3.05) is 19.0 Å². The Labute approximate surface area is 185 Å². The summed E-state index contributed by atoms with van der Waals surface area (Å²) >= 11 is 0. The lowest BCUT2D eigenvalue weighted by Gasteiger charge is -2.13. The van der Waals surface area contributed by atoms with E-state index in [9.17, 15) is 9.59 Å². The number of ether oxygens (including phenoxy) is 2. The molecule has 1 N–H and O–H groups in total. The molecular formula is C26H22N2O4. The van der Waals surface area contributed by atoms with Crippen molar-refractivity contribution in [1.82, 2.24) is 4.98 Å². The molecule has 160 valence electrons. The van der Waals surface area contributed by atoms with E-state index in [-0.39, 0.29) is 11.5 Å². The number of para-hydroxylation sites is 2. The Bertz CT molecular complexity index is 1300. The zero-order valence-electron chi connectivity index (χ0n) is 17.8. The summed E-state index contributed by atoms with van der Waals surface area (Å²) in [5.74, 6) is -0.131. The van der Waals surface area contributed by atoms with E-state index >= 15 is 0 Å². The lowest BCUT2D eigenvalue weighted by molar-refractivity contribution is 0.0602. The number of nitrogens with zero attached hydrogens (tertiary/aromatic N) is 1. The summed E-state index contributed by atoms with van der Waals surface area (Å²) in [6.45, 7) is 2.48. The number of amides is 1. The van der Waals surface area contributed by atoms with Crippen molar-refractivity contribution in [1.29, 1.82) is 0 Å². The maximum atomic E-state index is 13.3. The number of carbonyl (C=O) groups is 2. The fraction of sp³-hybridized carbons (Fsp3) is 0.115. The lowest BCUT2D eigenvalue weighted by atomic mass is 10.0. The van der Waals surface area contributed by atoms with E-state index in [1.165, 1.54) is 7.11 Å². The normalized spacial score (nSPS) is 10.6. The van der Waals surface area contributed by atoms with E-state index in [1.54, 1.807) is 30.3 Å². The maximum absolute atomic E-state index is 13.3. The highest BCUT2D eigenvalue weighted by Gasteiger charge is 2.18. The van der Waals surface area contributed by atoms with E-state index in [1.807, 2.05) is 55.5 Å². The average Bonchev–Trinajstić information content (AvgIpc) is 2.83. The molecule has 32 heavy (non-hydrogen) atoms. The first-order valence-corrected chi connectivity index (χ1v) is 10.2. The van der Waals surface area contributed by atoms with Crippen molar-refractivity contribution in [3.8, 4) is 17.0 Å². The van der Waals surface area contributed by atoms with Crippen LogP contribution in [-0.4, -0.2) is 30.6 Å². The Balaban J connectivity index is 1.78. The van der Waals surface area contributed by atoms with Gasteiger partial charge in [0.2, 0.25) is 0 Å². The zero-order chi connectivity index (χ0) is 22.5. The van der Waals surface area contributed by atoms with Gasteiger partial charge in [0.25, 0.3) is 5.91 Å². The Morgan fingerprint density at radius 3 is 2.50 bits per heavy atom. The Kier molecular flexibility index (Phi) is 6.12. The monoisotopic (exact) mass is 426 g/mol. The van der Waals surface area contributed by atoms with Crippen molar-refractivity contribution in [2.24, 2.45) is 0 Å². The Hall–Kier alpha value is -4.19. The van der Waals surface area contributed by atoms with Gasteiger partial charge in [0.1, 0.15) is 5.75 Å². The predicted molar refractivity (Wildman–Crippen MR) is 124 cm³/mol. The first-order valence-electron chi connectivity index (χ1n) is 10.2. The molecule has 3 aromatic carbocycles. The van der Waals surface area contributed by atoms with E-state index in [4.69, 9.17) is 14.5 Å². The molecule has 0 saturated heterocycles. The van der Waals surface area contributed by atoms with Gasteiger partial charge in [-0.25, -0.2) is 9.78 Å². The number of rotatable bonds is 6. The minimum Gasteiger partial charge on any atom is -0.494 e. The number of pyridine rings is 1. The molecule has 1 aromatic heterocycles. The molecule has 0 aliphatic carbocycles. The van der Waals surface area contributed by atoms with Crippen LogP contribution in [0.15, 0.2) is 78.9 Å². The fourth-order valence-corrected chi connectivity index (χ4v) is 3.49. The Morgan fingerprint density at radius 2 is 1.69 bits per heavy atom. The lowest BCUT2D eigenvalue weighted by Crippen LogP contribution is -2.16. The highest BCUT2D eigenvalue weighted by atomic mass is 16.5. The number of fused-ring (bicyclic) bond motifs is 1. The fourth-order valence-electron chi connectivity index (χ4n) is 3.49. The van der Waals surface area contributed by atoms with Crippen LogP contribution < -0.4 is 10.1 Å². The largest absolute Gasteiger partial charge is 0.494 e. The number of hydrogen-bond acceptors (Lipinski definition) is 5. The second-order valence-corrected chi connectivity index (χ2v) is 7.02. The molecule has 0 aliphatic heterocycles. The molecule has 1 amide bonds. The number of esters is 1. The van der Waals surface area contributed by atoms with Crippen LogP contribution >= 0.6 is 0 Å². The maximum Gasteiger partial charge on any atom is 0.339 e. The first-order chi connectivity index (χ1) is 15.6. The van der Waals surface area contributed by atoms with E-state index in [2.05, 4.69) is 5.32 Å². The molecule has 0 bridgehead atoms. The van der Waals surface area contributed by atoms with Crippen molar-refractivity contribution >= 4 is 28.5 Å². The van der Waals surface area contributed by atoms with Gasteiger partial charge in [-0.3, -0.25) is 4.79 Å². The summed E-state index contributed by atoms with van der Waals surface area (Å²) in [4.78, 5) is 30.2. The van der Waals surface area contributed by atoms with Crippen LogP contribution in [-0.2, 0) is 4.74 Å². The van der Waals surface area contributed by atoms with Crippen molar-refractivity contribution < 1.29 is 19.1 Å². The molecule has 0 saturated carbocycles. The molecular weight excluding hydrogens is 404 g/mol. The highest BCUT2D eigenvalue weighted by molar-refractivity contribution is 6.14. The minimum atomic E-state index is -0.520. The van der Waals surface area contributed by atoms with Crippen molar-refractivity contribution in [3.63, 3.8) is 0 Å². The topological polar surface area (TPSA) is 77.5 Å². The van der Waals surface area contributed by atoms with E-state index < -0.39 is 5.97 Å². The number of methoxy groups -OCH3 is 1. The van der Waals surface area contributed by atoms with E-state index in [0.717, 1.165) is 11.3 Å². The van der Waals surface area contributed by atoms with Crippen LogP contribution in [0.1, 0.15) is 27.6 Å². The minimum absolute atomic E-state index is 0.284. The molecule has 0 radical (unpaired) electrons. The van der Waals surface area contributed by atoms with Gasteiger partial charge in [-0.05, 0) is 43.3 Å². The summed E-state index contributed by atoms with van der Waals surface area (Å²) in [6, 6.07) is 23.5. The van der Waals surface area contributed by atoms with Crippen LogP contribution in [0.3, 0.4) is 0 Å². The third-order valence-electron chi connectivity index (χ3n) is 4.98. The second-order valence-electron chi connectivity index (χ2n) is 7.02. The summed E-state index contributed by atoms with van der Waals surface area (Å²) in [6.07, 6.45) is 0. The third-order valence-corrected chi connectivity index (χ3v) is 4.98. The standard InChI is InChI=1S/C26H22N2O4/c1-3-32-18-10-8-9-17(15-18)24-16-21(19-11-4-6-13-22(19)27-24)25(29)28-23-14-7-5-12-20(23)26(30)31-2/h4-16H,3H2,1-2H3,(H,28,29). The molecule has 6 heteroatoms. The number of benzene rings is 3. The molecule has 0 fully saturated rings. The average molecular weight is 426 g/mol. The van der Waals surface area contributed by atoms with Crippen LogP contribution in [0, 0.1) is 0 Å². The number of aromatic nitrogens is 1. The number of anilines is 1. The smallest absolute Gasteiger partial charge is 0.339 e. The summed E-state index contributed by atoms with van der Waals surface area (Å²) in [5.41, 5.74) is 3.30. The highest BCUT2D eigenvalue weighted by Crippen LogP contribution is 2.28. The van der Waals surface area contributed by atoms with Gasteiger partial charge in [0, 0.05) is 10.9 Å². The zero-order valence-corrected chi connectivity index (χ0v) is 17.8. The summed E-state index contributed by atoms with van der Waals surface area (Å²) < 4.78 is 10.4. The van der Waals surface area contributed by atoms with Crippen LogP contribution in [0.2, 0.25) is 0 Å². The molecule has 4 aromatic rings. The number of hydrogen-bond donors (Lipinski definition) is 1. The van der Waals surface area contributed by atoms with Crippen molar-refractivity contribution in [3.05, 3.63) is 90.0 Å². The molecule has 6 nitrogen and oxygen atoms in total. The molecule has 4 rings (SSSR count). The molecule has 0 atom stereocenters. The third kappa shape index (κ3) is 4.30. The van der Waals surface area contributed by atoms with E-state index in [0.29, 0.717) is 34.5 Å². The predicted octanol–water partition coefficient (Wildman–Crippen LogP) is 5.34. The summed E-state index contributed by atoms with van der Waals surface area (Å²) in [7, 11) is 1.31. The number of carbonyl (C=O) groups excluding carboxylic acids is 2. The van der Waals surface area contributed by atoms with Gasteiger partial charge >= 0.3 is 5.97 Å². The summed E-state index contributed by atoms with van der Waals surface area (Å²) in [5, 5.41) is 3.57. The molecule has 1 heterocycles. The Morgan fingerprint density at radius 1 is 0.906 bits per heavy atom. The quantitative estimate of drug-likeness (QED) is 0.421. The van der Waals surface area contributed by atoms with Crippen LogP contribution in [0.5, 0.6) is 5.75 Å². The van der Waals surface area contributed by atoms with Gasteiger partial charge in [-0.15, -0.1) is 0 Å². The molecule has 0 spiro atoms. The van der Waals surface area contributed by atoms with Gasteiger partial charge in [0.15, 0.2) is 0 Å². The van der Waals surface area contributed by atoms with Gasteiger partial charge < -0.3 is 14.8 Å². The molecule has 0 aliphatic rings. The van der Waals surface area contributed by atoms with Crippen molar-refractivity contribution in [2.45, 2.75) is 6.92 Å². The second kappa shape index (κ2) is 9.31.